The molecule has 1 atom stereocenters. The van der Waals surface area contributed by atoms with Crippen LogP contribution in [0, 0.1) is 0 Å². The minimum Gasteiger partial charge on any atom is -0.442 e. The number of hydrogen-bond donors (Lipinski definition) is 2. The summed E-state index contributed by atoms with van der Waals surface area (Å²) < 4.78 is 5.13. The molecule has 0 heterocycles. The zero-order valence-electron chi connectivity index (χ0n) is 10.6. The molecule has 0 bridgehead atoms. The molecule has 0 aromatic carbocycles. The van der Waals surface area contributed by atoms with Gasteiger partial charge in [-0.3, -0.25) is 4.79 Å². The summed E-state index contributed by atoms with van der Waals surface area (Å²) in [7, 11) is 0. The predicted octanol–water partition coefficient (Wildman–Crippen LogP) is 1.59. The Balaban J connectivity index is 3.67. The fraction of sp³-hybridized carbons (Fsp3) is 0.667. The molecule has 0 aliphatic rings. The first kappa shape index (κ1) is 15.5. The number of nitrogens with one attached hydrogen (secondary N) is 2. The highest BCUT2D eigenvalue weighted by Gasteiger charge is 2.09. The summed E-state index contributed by atoms with van der Waals surface area (Å²) in [6.45, 7) is 7.89. The van der Waals surface area contributed by atoms with Crippen LogP contribution in [0.5, 0.6) is 0 Å². The van der Waals surface area contributed by atoms with Crippen molar-refractivity contribution in [2.24, 2.45) is 0 Å². The van der Waals surface area contributed by atoms with Gasteiger partial charge in [-0.15, -0.1) is 0 Å². The monoisotopic (exact) mass is 242 g/mol. The summed E-state index contributed by atoms with van der Waals surface area (Å²) in [4.78, 5) is 21.9. The quantitative estimate of drug-likeness (QED) is 0.502. The topological polar surface area (TPSA) is 67.4 Å². The van der Waals surface area contributed by atoms with E-state index in [-0.39, 0.29) is 12.0 Å². The van der Waals surface area contributed by atoms with Gasteiger partial charge in [0.25, 0.3) is 0 Å². The number of unbranched alkanes of at least 4 members (excludes halogenated alkanes) is 1. The SMILES string of the molecule is C=CC(CCCC)OC(=O)NCCNC(C)=O. The van der Waals surface area contributed by atoms with Gasteiger partial charge in [-0.2, -0.15) is 0 Å². The Morgan fingerprint density at radius 3 is 2.53 bits per heavy atom. The van der Waals surface area contributed by atoms with E-state index in [2.05, 4.69) is 24.1 Å². The lowest BCUT2D eigenvalue weighted by molar-refractivity contribution is -0.118. The summed E-state index contributed by atoms with van der Waals surface area (Å²) in [5.41, 5.74) is 0. The molecule has 0 rings (SSSR count). The van der Waals surface area contributed by atoms with Gasteiger partial charge in [-0.05, 0) is 12.8 Å². The number of ether oxygens (including phenoxy) is 1. The fourth-order valence-corrected chi connectivity index (χ4v) is 1.21. The number of hydrogen-bond acceptors (Lipinski definition) is 3. The Morgan fingerprint density at radius 1 is 1.35 bits per heavy atom. The molecule has 0 spiro atoms. The molecule has 0 fully saturated rings. The molecule has 0 saturated carbocycles. The highest BCUT2D eigenvalue weighted by Crippen LogP contribution is 2.05. The molecule has 17 heavy (non-hydrogen) atoms. The molecule has 0 aromatic heterocycles. The molecule has 0 aromatic rings. The molecule has 98 valence electrons. The van der Waals surface area contributed by atoms with Crippen molar-refractivity contribution in [3.63, 3.8) is 0 Å². The van der Waals surface area contributed by atoms with Crippen LogP contribution in [0.4, 0.5) is 4.79 Å². The average Bonchev–Trinajstić information content (AvgIpc) is 2.29. The average molecular weight is 242 g/mol. The Bertz CT molecular complexity index is 254. The number of amides is 2. The second kappa shape index (κ2) is 9.69. The van der Waals surface area contributed by atoms with Crippen molar-refractivity contribution in [2.75, 3.05) is 13.1 Å². The lowest BCUT2D eigenvalue weighted by Gasteiger charge is -2.14. The first-order valence-electron chi connectivity index (χ1n) is 5.91. The van der Waals surface area contributed by atoms with Crippen molar-refractivity contribution < 1.29 is 14.3 Å². The van der Waals surface area contributed by atoms with Gasteiger partial charge in [0.2, 0.25) is 5.91 Å². The molecule has 0 aliphatic carbocycles. The minimum absolute atomic E-state index is 0.118. The summed E-state index contributed by atoms with van der Waals surface area (Å²) in [5.74, 6) is -0.118. The van der Waals surface area contributed by atoms with Crippen LogP contribution in [0.2, 0.25) is 0 Å². The van der Waals surface area contributed by atoms with Crippen molar-refractivity contribution >= 4 is 12.0 Å². The van der Waals surface area contributed by atoms with Crippen molar-refractivity contribution in [3.05, 3.63) is 12.7 Å². The normalized spacial score (nSPS) is 11.4. The van der Waals surface area contributed by atoms with E-state index in [0.717, 1.165) is 19.3 Å². The third-order valence-corrected chi connectivity index (χ3v) is 2.13. The van der Waals surface area contributed by atoms with Crippen LogP contribution in [0.15, 0.2) is 12.7 Å². The van der Waals surface area contributed by atoms with Crippen molar-refractivity contribution in [2.45, 2.75) is 39.2 Å². The molecule has 0 saturated heterocycles. The first-order chi connectivity index (χ1) is 8.10. The summed E-state index contributed by atoms with van der Waals surface area (Å²) >= 11 is 0. The zero-order valence-corrected chi connectivity index (χ0v) is 10.6. The maximum Gasteiger partial charge on any atom is 0.407 e. The molecule has 1 unspecified atom stereocenters. The number of alkyl carbamates (subject to hydrolysis) is 1. The Kier molecular flexibility index (Phi) is 8.82. The van der Waals surface area contributed by atoms with Gasteiger partial charge in [-0.1, -0.05) is 26.0 Å². The molecule has 2 amide bonds. The highest BCUT2D eigenvalue weighted by atomic mass is 16.6. The molecular weight excluding hydrogens is 220 g/mol. The Hall–Kier alpha value is -1.52. The lowest BCUT2D eigenvalue weighted by Crippen LogP contribution is -2.35. The van der Waals surface area contributed by atoms with Gasteiger partial charge in [0, 0.05) is 20.0 Å². The standard InChI is InChI=1S/C12H22N2O3/c1-4-6-7-11(5-2)17-12(16)14-9-8-13-10(3)15/h5,11H,2,4,6-9H2,1,3H3,(H,13,15)(H,14,16). The maximum absolute atomic E-state index is 11.3. The van der Waals surface area contributed by atoms with Crippen LogP contribution >= 0.6 is 0 Å². The van der Waals surface area contributed by atoms with E-state index >= 15 is 0 Å². The van der Waals surface area contributed by atoms with Gasteiger partial charge < -0.3 is 15.4 Å². The lowest BCUT2D eigenvalue weighted by atomic mass is 10.1. The van der Waals surface area contributed by atoms with Crippen LogP contribution in [0.3, 0.4) is 0 Å². The fourth-order valence-electron chi connectivity index (χ4n) is 1.21. The molecule has 0 radical (unpaired) electrons. The van der Waals surface area contributed by atoms with E-state index in [0.29, 0.717) is 13.1 Å². The molecule has 5 nitrogen and oxygen atoms in total. The van der Waals surface area contributed by atoms with Gasteiger partial charge in [-0.25, -0.2) is 4.79 Å². The molecule has 5 heteroatoms. The summed E-state index contributed by atoms with van der Waals surface area (Å²) in [6, 6.07) is 0. The van der Waals surface area contributed by atoms with Crippen LogP contribution in [-0.4, -0.2) is 31.2 Å². The van der Waals surface area contributed by atoms with E-state index in [1.807, 2.05) is 0 Å². The van der Waals surface area contributed by atoms with Crippen LogP contribution < -0.4 is 10.6 Å². The van der Waals surface area contributed by atoms with Gasteiger partial charge >= 0.3 is 6.09 Å². The number of rotatable bonds is 8. The molecular formula is C12H22N2O3. The third-order valence-electron chi connectivity index (χ3n) is 2.13. The second-order valence-electron chi connectivity index (χ2n) is 3.73. The summed E-state index contributed by atoms with van der Waals surface area (Å²) in [6.07, 6.45) is 3.75. The number of carbonyl (C=O) groups is 2. The van der Waals surface area contributed by atoms with Crippen LogP contribution in [0.25, 0.3) is 0 Å². The first-order valence-corrected chi connectivity index (χ1v) is 5.91. The summed E-state index contributed by atoms with van der Waals surface area (Å²) in [5, 5.41) is 5.13. The van der Waals surface area contributed by atoms with Gasteiger partial charge in [0.15, 0.2) is 0 Å². The maximum atomic E-state index is 11.3. The van der Waals surface area contributed by atoms with Crippen LogP contribution in [-0.2, 0) is 9.53 Å². The largest absolute Gasteiger partial charge is 0.442 e. The smallest absolute Gasteiger partial charge is 0.407 e. The van der Waals surface area contributed by atoms with E-state index in [1.54, 1.807) is 6.08 Å². The van der Waals surface area contributed by atoms with Crippen molar-refractivity contribution in [1.82, 2.24) is 10.6 Å². The Labute approximate surface area is 103 Å². The highest BCUT2D eigenvalue weighted by molar-refractivity contribution is 5.73. The molecule has 0 aliphatic heterocycles. The van der Waals surface area contributed by atoms with E-state index in [9.17, 15) is 9.59 Å². The van der Waals surface area contributed by atoms with Crippen molar-refractivity contribution in [1.29, 1.82) is 0 Å². The van der Waals surface area contributed by atoms with Crippen LogP contribution in [0.1, 0.15) is 33.1 Å². The van der Waals surface area contributed by atoms with E-state index < -0.39 is 6.09 Å². The third kappa shape index (κ3) is 9.41. The number of carbonyl (C=O) groups excluding carboxylic acids is 2. The molecule has 2 N–H and O–H groups in total. The van der Waals surface area contributed by atoms with Gasteiger partial charge in [0.1, 0.15) is 6.10 Å². The predicted molar refractivity (Wildman–Crippen MR) is 66.7 cm³/mol. The van der Waals surface area contributed by atoms with Crippen molar-refractivity contribution in [3.8, 4) is 0 Å². The van der Waals surface area contributed by atoms with E-state index in [4.69, 9.17) is 4.74 Å². The van der Waals surface area contributed by atoms with E-state index in [1.165, 1.54) is 6.92 Å². The minimum atomic E-state index is -0.476. The Morgan fingerprint density at radius 2 is 2.00 bits per heavy atom. The van der Waals surface area contributed by atoms with Gasteiger partial charge in [0.05, 0.1) is 0 Å². The zero-order chi connectivity index (χ0) is 13.1. The second-order valence-corrected chi connectivity index (χ2v) is 3.73.